The van der Waals surface area contributed by atoms with Gasteiger partial charge in [-0.25, -0.2) is 0 Å². The summed E-state index contributed by atoms with van der Waals surface area (Å²) in [7, 11) is 0. The predicted molar refractivity (Wildman–Crippen MR) is 83.7 cm³/mol. The van der Waals surface area contributed by atoms with Crippen LogP contribution in [0, 0.1) is 0 Å². The maximum absolute atomic E-state index is 11.6. The molecular formula is C14H17Cl3N2O. The lowest BCUT2D eigenvalue weighted by atomic mass is 10.1. The first-order valence-corrected chi connectivity index (χ1v) is 7.78. The van der Waals surface area contributed by atoms with Gasteiger partial charge in [0.2, 0.25) is 5.91 Å². The van der Waals surface area contributed by atoms with Crippen LogP contribution in [0.3, 0.4) is 0 Å². The molecule has 0 spiro atoms. The Bertz CT molecular complexity index is 503. The molecule has 1 aromatic carbocycles. The van der Waals surface area contributed by atoms with E-state index in [0.717, 1.165) is 18.4 Å². The Morgan fingerprint density at radius 2 is 2.00 bits per heavy atom. The highest BCUT2D eigenvalue weighted by Crippen LogP contribution is 2.35. The zero-order chi connectivity index (χ0) is 14.7. The molecule has 1 aliphatic carbocycles. The van der Waals surface area contributed by atoms with Gasteiger partial charge in [0.05, 0.1) is 15.1 Å². The third-order valence-electron chi connectivity index (χ3n) is 3.28. The molecule has 2 N–H and O–H groups in total. The highest BCUT2D eigenvalue weighted by atomic mass is 35.5. The number of carbonyl (C=O) groups is 1. The van der Waals surface area contributed by atoms with Gasteiger partial charge in [0, 0.05) is 25.0 Å². The molecule has 0 aromatic heterocycles. The number of rotatable bonds is 6. The van der Waals surface area contributed by atoms with E-state index >= 15 is 0 Å². The quantitative estimate of drug-likeness (QED) is 0.772. The standard InChI is InChI=1S/C14H17Cl3N2O/c1-8(10-4-5-11(15)14(17)13(10)16)18-7-6-12(20)19-9-2-3-9/h4-5,8-9,18H,2-3,6-7H2,1H3,(H,19,20). The van der Waals surface area contributed by atoms with Crippen LogP contribution in [-0.4, -0.2) is 18.5 Å². The zero-order valence-corrected chi connectivity index (χ0v) is 13.4. The summed E-state index contributed by atoms with van der Waals surface area (Å²) in [6.07, 6.45) is 2.67. The highest BCUT2D eigenvalue weighted by Gasteiger charge is 2.23. The largest absolute Gasteiger partial charge is 0.353 e. The van der Waals surface area contributed by atoms with Gasteiger partial charge in [-0.2, -0.15) is 0 Å². The van der Waals surface area contributed by atoms with Crippen molar-refractivity contribution in [3.05, 3.63) is 32.8 Å². The summed E-state index contributed by atoms with van der Waals surface area (Å²) >= 11 is 18.1. The summed E-state index contributed by atoms with van der Waals surface area (Å²) in [6.45, 7) is 2.57. The average Bonchev–Trinajstić information content (AvgIpc) is 3.19. The van der Waals surface area contributed by atoms with Crippen LogP contribution in [0.25, 0.3) is 0 Å². The fraction of sp³-hybridized carbons (Fsp3) is 0.500. The van der Waals surface area contributed by atoms with Crippen molar-refractivity contribution in [1.29, 1.82) is 0 Å². The normalized spacial score (nSPS) is 16.0. The first-order valence-electron chi connectivity index (χ1n) is 6.65. The Labute approximate surface area is 134 Å². The maximum Gasteiger partial charge on any atom is 0.221 e. The first-order chi connectivity index (χ1) is 9.49. The molecule has 1 saturated carbocycles. The molecule has 1 unspecified atom stereocenters. The molecular weight excluding hydrogens is 319 g/mol. The molecule has 0 radical (unpaired) electrons. The number of carbonyl (C=O) groups excluding carboxylic acids is 1. The summed E-state index contributed by atoms with van der Waals surface area (Å²) in [5.74, 6) is 0.0902. The molecule has 110 valence electrons. The smallest absolute Gasteiger partial charge is 0.221 e. The second-order valence-electron chi connectivity index (χ2n) is 5.03. The molecule has 0 saturated heterocycles. The van der Waals surface area contributed by atoms with Crippen LogP contribution >= 0.6 is 34.8 Å². The highest BCUT2D eigenvalue weighted by molar-refractivity contribution is 6.48. The predicted octanol–water partition coefficient (Wildman–Crippen LogP) is 3.97. The third-order valence-corrected chi connectivity index (χ3v) is 4.58. The van der Waals surface area contributed by atoms with Gasteiger partial charge in [0.1, 0.15) is 0 Å². The molecule has 20 heavy (non-hydrogen) atoms. The lowest BCUT2D eigenvalue weighted by Crippen LogP contribution is -2.30. The van der Waals surface area contributed by atoms with Gasteiger partial charge in [-0.1, -0.05) is 40.9 Å². The Morgan fingerprint density at radius 3 is 2.65 bits per heavy atom. The van der Waals surface area contributed by atoms with Gasteiger partial charge in [-0.3, -0.25) is 4.79 Å². The molecule has 3 nitrogen and oxygen atoms in total. The van der Waals surface area contributed by atoms with Gasteiger partial charge in [0.15, 0.2) is 0 Å². The molecule has 1 aliphatic rings. The van der Waals surface area contributed by atoms with Crippen LogP contribution in [-0.2, 0) is 4.79 Å². The van der Waals surface area contributed by atoms with Crippen molar-refractivity contribution >= 4 is 40.7 Å². The fourth-order valence-electron chi connectivity index (χ4n) is 1.91. The molecule has 0 aliphatic heterocycles. The lowest BCUT2D eigenvalue weighted by molar-refractivity contribution is -0.121. The van der Waals surface area contributed by atoms with E-state index in [1.807, 2.05) is 13.0 Å². The van der Waals surface area contributed by atoms with E-state index in [1.54, 1.807) is 6.07 Å². The van der Waals surface area contributed by atoms with Crippen molar-refractivity contribution < 1.29 is 4.79 Å². The summed E-state index contributed by atoms with van der Waals surface area (Å²) in [6, 6.07) is 3.98. The summed E-state index contributed by atoms with van der Waals surface area (Å²) in [5, 5.41) is 7.48. The van der Waals surface area contributed by atoms with E-state index < -0.39 is 0 Å². The van der Waals surface area contributed by atoms with Crippen LogP contribution in [0.5, 0.6) is 0 Å². The summed E-state index contributed by atoms with van der Waals surface area (Å²) < 4.78 is 0. The van der Waals surface area contributed by atoms with E-state index in [1.165, 1.54) is 0 Å². The topological polar surface area (TPSA) is 41.1 Å². The van der Waals surface area contributed by atoms with Gasteiger partial charge >= 0.3 is 0 Å². The monoisotopic (exact) mass is 334 g/mol. The number of halogens is 3. The van der Waals surface area contributed by atoms with Gasteiger partial charge < -0.3 is 10.6 Å². The zero-order valence-electron chi connectivity index (χ0n) is 11.2. The van der Waals surface area contributed by atoms with E-state index in [2.05, 4.69) is 10.6 Å². The van der Waals surface area contributed by atoms with Crippen LogP contribution < -0.4 is 10.6 Å². The van der Waals surface area contributed by atoms with Crippen molar-refractivity contribution in [3.8, 4) is 0 Å². The molecule has 0 bridgehead atoms. The van der Waals surface area contributed by atoms with Crippen molar-refractivity contribution in [2.24, 2.45) is 0 Å². The lowest BCUT2D eigenvalue weighted by Gasteiger charge is -2.16. The number of benzene rings is 1. The molecule has 0 heterocycles. The molecule has 1 aromatic rings. The molecule has 1 fully saturated rings. The first kappa shape index (κ1) is 15.9. The second kappa shape index (κ2) is 6.99. The van der Waals surface area contributed by atoms with E-state index in [-0.39, 0.29) is 11.9 Å². The van der Waals surface area contributed by atoms with Gasteiger partial charge in [-0.15, -0.1) is 0 Å². The molecule has 6 heteroatoms. The summed E-state index contributed by atoms with van der Waals surface area (Å²) in [4.78, 5) is 11.6. The molecule has 1 atom stereocenters. The number of hydrogen-bond donors (Lipinski definition) is 2. The summed E-state index contributed by atoms with van der Waals surface area (Å²) in [5.41, 5.74) is 0.878. The molecule has 1 amide bonds. The Morgan fingerprint density at radius 1 is 1.30 bits per heavy atom. The van der Waals surface area contributed by atoms with Crippen molar-refractivity contribution in [2.45, 2.75) is 38.3 Å². The van der Waals surface area contributed by atoms with Crippen LogP contribution in [0.2, 0.25) is 15.1 Å². The van der Waals surface area contributed by atoms with Crippen molar-refractivity contribution in [2.75, 3.05) is 6.54 Å². The second-order valence-corrected chi connectivity index (χ2v) is 6.20. The number of nitrogens with one attached hydrogen (secondary N) is 2. The maximum atomic E-state index is 11.6. The minimum atomic E-state index is 0.00555. The average molecular weight is 336 g/mol. The SMILES string of the molecule is CC(NCCC(=O)NC1CC1)c1ccc(Cl)c(Cl)c1Cl. The Hall–Kier alpha value is -0.480. The third kappa shape index (κ3) is 4.26. The van der Waals surface area contributed by atoms with Gasteiger partial charge in [-0.05, 0) is 31.4 Å². The number of amides is 1. The van der Waals surface area contributed by atoms with Crippen LogP contribution in [0.1, 0.15) is 37.8 Å². The van der Waals surface area contributed by atoms with Crippen molar-refractivity contribution in [3.63, 3.8) is 0 Å². The minimum Gasteiger partial charge on any atom is -0.353 e. The van der Waals surface area contributed by atoms with E-state index in [0.29, 0.717) is 34.1 Å². The van der Waals surface area contributed by atoms with E-state index in [4.69, 9.17) is 34.8 Å². The van der Waals surface area contributed by atoms with Gasteiger partial charge in [0.25, 0.3) is 0 Å². The van der Waals surface area contributed by atoms with Crippen LogP contribution in [0.4, 0.5) is 0 Å². The minimum absolute atomic E-state index is 0.00555. The van der Waals surface area contributed by atoms with E-state index in [9.17, 15) is 4.79 Å². The Balaban J connectivity index is 1.83. The fourth-order valence-corrected chi connectivity index (χ4v) is 2.62. The molecule has 2 rings (SSSR count). The van der Waals surface area contributed by atoms with Crippen LogP contribution in [0.15, 0.2) is 12.1 Å². The number of hydrogen-bond acceptors (Lipinski definition) is 2. The Kier molecular flexibility index (Phi) is 5.56. The van der Waals surface area contributed by atoms with Crippen molar-refractivity contribution in [1.82, 2.24) is 10.6 Å².